The van der Waals surface area contributed by atoms with Crippen molar-refractivity contribution in [3.63, 3.8) is 0 Å². The lowest BCUT2D eigenvalue weighted by atomic mass is 10.0. The summed E-state index contributed by atoms with van der Waals surface area (Å²) in [7, 11) is -1.97. The molecule has 0 fully saturated rings. The van der Waals surface area contributed by atoms with E-state index < -0.39 is 10.0 Å². The molecule has 0 saturated carbocycles. The number of fused-ring (bicyclic) bond motifs is 1. The van der Waals surface area contributed by atoms with Crippen molar-refractivity contribution in [1.82, 2.24) is 0 Å². The lowest BCUT2D eigenvalue weighted by Gasteiger charge is -2.30. The molecule has 0 atom stereocenters. The molecule has 0 bridgehead atoms. The zero-order valence-corrected chi connectivity index (χ0v) is 15.4. The number of aryl methyl sites for hydroxylation is 2. The zero-order valence-electron chi connectivity index (χ0n) is 14.6. The van der Waals surface area contributed by atoms with Crippen LogP contribution in [-0.2, 0) is 21.2 Å². The summed E-state index contributed by atoms with van der Waals surface area (Å²) in [6, 6.07) is 12.7. The average Bonchev–Trinajstić information content (AvgIpc) is 2.62. The Bertz CT molecular complexity index is 848. The zero-order chi connectivity index (χ0) is 17.9. The normalized spacial score (nSPS) is 14.2. The number of nitrogens with zero attached hydrogens (tertiary/aromatic N) is 1. The number of benzene rings is 2. The van der Waals surface area contributed by atoms with Gasteiger partial charge in [-0.2, -0.15) is 0 Å². The fourth-order valence-corrected chi connectivity index (χ4v) is 4.68. The molecule has 0 saturated heterocycles. The van der Waals surface area contributed by atoms with Crippen LogP contribution in [0.5, 0.6) is 5.75 Å². The molecule has 3 rings (SSSR count). The summed E-state index contributed by atoms with van der Waals surface area (Å²) in [6.45, 7) is 3.28. The van der Waals surface area contributed by atoms with E-state index in [4.69, 9.17) is 9.47 Å². The lowest BCUT2D eigenvalue weighted by molar-refractivity contribution is 0.146. The molecule has 0 aromatic heterocycles. The summed E-state index contributed by atoms with van der Waals surface area (Å²) >= 11 is 0. The molecule has 1 aliphatic heterocycles. The van der Waals surface area contributed by atoms with Crippen LogP contribution in [0.2, 0.25) is 0 Å². The molecule has 6 heteroatoms. The quantitative estimate of drug-likeness (QED) is 0.742. The number of ether oxygens (including phenoxy) is 2. The maximum Gasteiger partial charge on any atom is 0.264 e. The van der Waals surface area contributed by atoms with Gasteiger partial charge in [0.05, 0.1) is 17.2 Å². The molecule has 1 heterocycles. The van der Waals surface area contributed by atoms with Gasteiger partial charge in [-0.15, -0.1) is 0 Å². The van der Waals surface area contributed by atoms with Crippen molar-refractivity contribution in [2.75, 3.05) is 31.2 Å². The van der Waals surface area contributed by atoms with E-state index in [1.165, 1.54) is 4.31 Å². The highest BCUT2D eigenvalue weighted by Gasteiger charge is 2.29. The fraction of sp³-hybridized carbons (Fsp3) is 0.368. The van der Waals surface area contributed by atoms with Crippen LogP contribution in [0.4, 0.5) is 5.69 Å². The molecule has 0 N–H and O–H groups in total. The highest BCUT2D eigenvalue weighted by Crippen LogP contribution is 2.33. The van der Waals surface area contributed by atoms with Gasteiger partial charge in [0.1, 0.15) is 12.4 Å². The molecule has 5 nitrogen and oxygen atoms in total. The van der Waals surface area contributed by atoms with Crippen LogP contribution in [0.15, 0.2) is 47.4 Å². The van der Waals surface area contributed by atoms with Crippen LogP contribution in [-0.4, -0.2) is 35.3 Å². The highest BCUT2D eigenvalue weighted by atomic mass is 32.2. The average molecular weight is 361 g/mol. The van der Waals surface area contributed by atoms with E-state index >= 15 is 0 Å². The molecule has 25 heavy (non-hydrogen) atoms. The summed E-state index contributed by atoms with van der Waals surface area (Å²) < 4.78 is 38.4. The van der Waals surface area contributed by atoms with Gasteiger partial charge in [-0.1, -0.05) is 18.2 Å². The van der Waals surface area contributed by atoms with Gasteiger partial charge < -0.3 is 9.47 Å². The molecular formula is C19H23NO4S. The van der Waals surface area contributed by atoms with Gasteiger partial charge in [-0.3, -0.25) is 4.31 Å². The highest BCUT2D eigenvalue weighted by molar-refractivity contribution is 7.92. The second-order valence-electron chi connectivity index (χ2n) is 6.08. The molecule has 2 aromatic rings. The fourth-order valence-electron chi connectivity index (χ4n) is 3.06. The summed E-state index contributed by atoms with van der Waals surface area (Å²) in [5.41, 5.74) is 2.66. The second kappa shape index (κ2) is 7.45. The molecule has 0 unspecified atom stereocenters. The first-order valence-electron chi connectivity index (χ1n) is 8.37. The van der Waals surface area contributed by atoms with Crippen LogP contribution in [0, 0.1) is 6.92 Å². The third-order valence-electron chi connectivity index (χ3n) is 4.35. The minimum Gasteiger partial charge on any atom is -0.491 e. The Kier molecular flexibility index (Phi) is 5.30. The van der Waals surface area contributed by atoms with Crippen LogP contribution < -0.4 is 9.04 Å². The first kappa shape index (κ1) is 17.8. The molecular weight excluding hydrogens is 338 g/mol. The Balaban J connectivity index is 1.90. The van der Waals surface area contributed by atoms with Gasteiger partial charge >= 0.3 is 0 Å². The minimum atomic E-state index is -3.59. The number of rotatable bonds is 6. The third-order valence-corrected chi connectivity index (χ3v) is 6.16. The number of sulfonamides is 1. The molecule has 0 spiro atoms. The van der Waals surface area contributed by atoms with E-state index in [-0.39, 0.29) is 0 Å². The Labute approximate surface area is 149 Å². The van der Waals surface area contributed by atoms with Gasteiger partial charge in [0.15, 0.2) is 0 Å². The van der Waals surface area contributed by atoms with Crippen molar-refractivity contribution in [2.24, 2.45) is 0 Å². The molecule has 1 aliphatic rings. The molecule has 0 aliphatic carbocycles. The maximum absolute atomic E-state index is 13.1. The Morgan fingerprint density at radius 3 is 2.68 bits per heavy atom. The van der Waals surface area contributed by atoms with E-state index in [1.807, 2.05) is 31.2 Å². The van der Waals surface area contributed by atoms with E-state index in [1.54, 1.807) is 25.3 Å². The van der Waals surface area contributed by atoms with Crippen LogP contribution in [0.3, 0.4) is 0 Å². The van der Waals surface area contributed by atoms with Gasteiger partial charge in [-0.05, 0) is 55.2 Å². The van der Waals surface area contributed by atoms with Crippen molar-refractivity contribution in [2.45, 2.75) is 24.7 Å². The smallest absolute Gasteiger partial charge is 0.264 e. The van der Waals surface area contributed by atoms with Crippen molar-refractivity contribution >= 4 is 15.7 Å². The minimum absolute atomic E-state index is 0.292. The number of anilines is 1. The summed E-state index contributed by atoms with van der Waals surface area (Å²) in [4.78, 5) is 0.292. The molecule has 134 valence electrons. The largest absolute Gasteiger partial charge is 0.491 e. The first-order chi connectivity index (χ1) is 12.0. The van der Waals surface area contributed by atoms with E-state index in [0.29, 0.717) is 30.4 Å². The molecule has 0 amide bonds. The third kappa shape index (κ3) is 3.65. The van der Waals surface area contributed by atoms with Gasteiger partial charge in [0, 0.05) is 13.7 Å². The van der Waals surface area contributed by atoms with Crippen molar-refractivity contribution in [3.8, 4) is 5.75 Å². The van der Waals surface area contributed by atoms with E-state index in [0.717, 1.165) is 29.7 Å². The van der Waals surface area contributed by atoms with Crippen LogP contribution >= 0.6 is 0 Å². The van der Waals surface area contributed by atoms with Crippen LogP contribution in [0.1, 0.15) is 17.5 Å². The SMILES string of the molecule is COCCOc1ccc(S(=O)(=O)N2CCCc3ccccc32)cc1C. The second-order valence-corrected chi connectivity index (χ2v) is 7.94. The first-order valence-corrected chi connectivity index (χ1v) is 9.81. The van der Waals surface area contributed by atoms with Crippen molar-refractivity contribution < 1.29 is 17.9 Å². The van der Waals surface area contributed by atoms with Gasteiger partial charge in [0.25, 0.3) is 10.0 Å². The molecule has 2 aromatic carbocycles. The maximum atomic E-state index is 13.1. The molecule has 0 radical (unpaired) electrons. The number of hydrogen-bond donors (Lipinski definition) is 0. The summed E-state index contributed by atoms with van der Waals surface area (Å²) in [5, 5.41) is 0. The predicted octanol–water partition coefficient (Wildman–Crippen LogP) is 3.16. The summed E-state index contributed by atoms with van der Waals surface area (Å²) in [5.74, 6) is 0.676. The Morgan fingerprint density at radius 2 is 1.92 bits per heavy atom. The number of para-hydroxylation sites is 1. The Morgan fingerprint density at radius 1 is 1.12 bits per heavy atom. The number of hydrogen-bond acceptors (Lipinski definition) is 4. The summed E-state index contributed by atoms with van der Waals surface area (Å²) in [6.07, 6.45) is 1.74. The van der Waals surface area contributed by atoms with Gasteiger partial charge in [-0.25, -0.2) is 8.42 Å². The van der Waals surface area contributed by atoms with E-state index in [2.05, 4.69) is 0 Å². The Hall–Kier alpha value is -2.05. The topological polar surface area (TPSA) is 55.8 Å². The van der Waals surface area contributed by atoms with Crippen molar-refractivity contribution in [3.05, 3.63) is 53.6 Å². The lowest BCUT2D eigenvalue weighted by Crippen LogP contribution is -2.35. The van der Waals surface area contributed by atoms with Crippen LogP contribution in [0.25, 0.3) is 0 Å². The van der Waals surface area contributed by atoms with Crippen molar-refractivity contribution in [1.29, 1.82) is 0 Å². The monoisotopic (exact) mass is 361 g/mol. The van der Waals surface area contributed by atoms with Gasteiger partial charge in [0.2, 0.25) is 0 Å². The predicted molar refractivity (Wildman–Crippen MR) is 97.8 cm³/mol. The number of methoxy groups -OCH3 is 1. The van der Waals surface area contributed by atoms with E-state index in [9.17, 15) is 8.42 Å². The standard InChI is InChI=1S/C19H23NO4S/c1-15-14-17(9-10-19(15)24-13-12-23-2)25(21,22)20-11-5-7-16-6-3-4-8-18(16)20/h3-4,6,8-10,14H,5,7,11-13H2,1-2H3.